The van der Waals surface area contributed by atoms with Gasteiger partial charge in [-0.25, -0.2) is 4.98 Å². The van der Waals surface area contributed by atoms with Crippen LogP contribution in [0.5, 0.6) is 0 Å². The quantitative estimate of drug-likeness (QED) is 0.911. The van der Waals surface area contributed by atoms with Crippen LogP contribution in [0.4, 0.5) is 5.13 Å². The Balaban J connectivity index is 2.19. The van der Waals surface area contributed by atoms with E-state index in [0.717, 1.165) is 19.6 Å². The zero-order chi connectivity index (χ0) is 12.3. The minimum atomic E-state index is 0.516. The summed E-state index contributed by atoms with van der Waals surface area (Å²) in [4.78, 5) is 8.68. The molecule has 0 saturated carbocycles. The Labute approximate surface area is 112 Å². The van der Waals surface area contributed by atoms with Crippen molar-refractivity contribution >= 4 is 28.2 Å². The smallest absolute Gasteiger partial charge is 0.185 e. The van der Waals surface area contributed by atoms with E-state index in [1.165, 1.54) is 27.2 Å². The van der Waals surface area contributed by atoms with Crippen LogP contribution in [-0.2, 0) is 6.54 Å². The van der Waals surface area contributed by atoms with E-state index in [1.54, 1.807) is 0 Å². The maximum atomic E-state index is 4.85. The molecule has 1 aromatic rings. The molecule has 0 spiro atoms. The van der Waals surface area contributed by atoms with Crippen LogP contribution in [0.2, 0.25) is 0 Å². The van der Waals surface area contributed by atoms with Crippen molar-refractivity contribution in [1.82, 2.24) is 10.3 Å². The van der Waals surface area contributed by atoms with Crippen molar-refractivity contribution in [3.8, 4) is 0 Å². The molecule has 1 N–H and O–H groups in total. The van der Waals surface area contributed by atoms with Crippen LogP contribution in [0.15, 0.2) is 0 Å². The topological polar surface area (TPSA) is 28.2 Å². The molecule has 2 rings (SSSR count). The van der Waals surface area contributed by atoms with Crippen LogP contribution in [0, 0.1) is 0 Å². The van der Waals surface area contributed by atoms with Crippen molar-refractivity contribution < 1.29 is 0 Å². The minimum absolute atomic E-state index is 0.516. The summed E-state index contributed by atoms with van der Waals surface area (Å²) >= 11 is 3.91. The second kappa shape index (κ2) is 6.07. The highest BCUT2D eigenvalue weighted by Crippen LogP contribution is 2.31. The van der Waals surface area contributed by atoms with Gasteiger partial charge in [0.1, 0.15) is 0 Å². The predicted molar refractivity (Wildman–Crippen MR) is 78.5 cm³/mol. The molecule has 1 fully saturated rings. The van der Waals surface area contributed by atoms with E-state index in [-0.39, 0.29) is 0 Å². The largest absolute Gasteiger partial charge is 0.346 e. The van der Waals surface area contributed by atoms with Gasteiger partial charge in [0, 0.05) is 36.0 Å². The van der Waals surface area contributed by atoms with Gasteiger partial charge in [-0.15, -0.1) is 11.3 Å². The van der Waals surface area contributed by atoms with Gasteiger partial charge in [0.05, 0.1) is 5.69 Å². The van der Waals surface area contributed by atoms with E-state index in [2.05, 4.69) is 24.1 Å². The van der Waals surface area contributed by atoms with Crippen LogP contribution >= 0.6 is 23.1 Å². The highest BCUT2D eigenvalue weighted by atomic mass is 32.2. The Kier molecular flexibility index (Phi) is 4.70. The molecule has 96 valence electrons. The van der Waals surface area contributed by atoms with E-state index in [4.69, 9.17) is 4.98 Å². The summed E-state index contributed by atoms with van der Waals surface area (Å²) in [6, 6.07) is 0. The molecule has 2 heterocycles. The van der Waals surface area contributed by atoms with Crippen molar-refractivity contribution in [3.63, 3.8) is 0 Å². The maximum Gasteiger partial charge on any atom is 0.185 e. The SMILES string of the molecule is CNCc1sc(N2CCSCC2)nc1C(C)C. The Bertz CT molecular complexity index is 357. The number of hydrogen-bond donors (Lipinski definition) is 1. The van der Waals surface area contributed by atoms with Crippen LogP contribution in [0.3, 0.4) is 0 Å². The number of rotatable bonds is 4. The first-order valence-electron chi connectivity index (χ1n) is 6.19. The molecule has 0 bridgehead atoms. The molecule has 0 aromatic carbocycles. The molecule has 0 atom stereocenters. The lowest BCUT2D eigenvalue weighted by Crippen LogP contribution is -2.32. The summed E-state index contributed by atoms with van der Waals surface area (Å²) in [6.45, 7) is 7.69. The van der Waals surface area contributed by atoms with Crippen molar-refractivity contribution in [1.29, 1.82) is 0 Å². The number of aromatic nitrogens is 1. The van der Waals surface area contributed by atoms with Gasteiger partial charge in [0.15, 0.2) is 5.13 Å². The lowest BCUT2D eigenvalue weighted by atomic mass is 10.1. The number of anilines is 1. The molecule has 1 aliphatic heterocycles. The highest BCUT2D eigenvalue weighted by Gasteiger charge is 2.19. The van der Waals surface area contributed by atoms with Crippen LogP contribution in [0.25, 0.3) is 0 Å². The van der Waals surface area contributed by atoms with Gasteiger partial charge in [-0.2, -0.15) is 11.8 Å². The first-order chi connectivity index (χ1) is 8.22. The molecular weight excluding hydrogens is 250 g/mol. The third-order valence-corrected chi connectivity index (χ3v) is 4.96. The molecule has 0 unspecified atom stereocenters. The van der Waals surface area contributed by atoms with Crippen molar-refractivity contribution in [2.24, 2.45) is 0 Å². The van der Waals surface area contributed by atoms with Crippen LogP contribution < -0.4 is 10.2 Å². The van der Waals surface area contributed by atoms with E-state index in [1.807, 2.05) is 30.1 Å². The molecule has 1 aromatic heterocycles. The van der Waals surface area contributed by atoms with Gasteiger partial charge in [-0.3, -0.25) is 0 Å². The summed E-state index contributed by atoms with van der Waals surface area (Å²) in [7, 11) is 2.00. The monoisotopic (exact) mass is 271 g/mol. The summed E-state index contributed by atoms with van der Waals surface area (Å²) in [5, 5.41) is 4.46. The normalized spacial score (nSPS) is 16.8. The van der Waals surface area contributed by atoms with E-state index in [9.17, 15) is 0 Å². The fourth-order valence-electron chi connectivity index (χ4n) is 1.98. The van der Waals surface area contributed by atoms with Gasteiger partial charge in [0.2, 0.25) is 0 Å². The maximum absolute atomic E-state index is 4.85. The molecule has 0 amide bonds. The van der Waals surface area contributed by atoms with Crippen LogP contribution in [-0.4, -0.2) is 36.6 Å². The average Bonchev–Trinajstić information content (AvgIpc) is 2.75. The molecule has 1 aliphatic rings. The summed E-state index contributed by atoms with van der Waals surface area (Å²) in [5.41, 5.74) is 1.28. The zero-order valence-electron chi connectivity index (χ0n) is 10.8. The third kappa shape index (κ3) is 3.14. The molecule has 0 aliphatic carbocycles. The molecular formula is C12H21N3S2. The van der Waals surface area contributed by atoms with Gasteiger partial charge in [0.25, 0.3) is 0 Å². The zero-order valence-corrected chi connectivity index (χ0v) is 12.5. The van der Waals surface area contributed by atoms with Gasteiger partial charge in [-0.05, 0) is 13.0 Å². The first kappa shape index (κ1) is 13.2. The number of thioether (sulfide) groups is 1. The van der Waals surface area contributed by atoms with Crippen molar-refractivity contribution in [3.05, 3.63) is 10.6 Å². The van der Waals surface area contributed by atoms with Gasteiger partial charge in [-0.1, -0.05) is 13.8 Å². The van der Waals surface area contributed by atoms with E-state index < -0.39 is 0 Å². The highest BCUT2D eigenvalue weighted by molar-refractivity contribution is 7.99. The van der Waals surface area contributed by atoms with E-state index in [0.29, 0.717) is 5.92 Å². The Morgan fingerprint density at radius 1 is 1.35 bits per heavy atom. The Morgan fingerprint density at radius 3 is 2.65 bits per heavy atom. The second-order valence-corrected chi connectivity index (χ2v) is 6.88. The van der Waals surface area contributed by atoms with Crippen molar-refractivity contribution in [2.75, 3.05) is 36.5 Å². The van der Waals surface area contributed by atoms with Crippen LogP contribution in [0.1, 0.15) is 30.3 Å². The fraction of sp³-hybridized carbons (Fsp3) is 0.750. The minimum Gasteiger partial charge on any atom is -0.346 e. The summed E-state index contributed by atoms with van der Waals surface area (Å²) in [5.74, 6) is 2.98. The number of hydrogen-bond acceptors (Lipinski definition) is 5. The second-order valence-electron chi connectivity index (χ2n) is 4.59. The Morgan fingerprint density at radius 2 is 2.06 bits per heavy atom. The van der Waals surface area contributed by atoms with Crippen molar-refractivity contribution in [2.45, 2.75) is 26.3 Å². The average molecular weight is 271 g/mol. The van der Waals surface area contributed by atoms with E-state index >= 15 is 0 Å². The third-order valence-electron chi connectivity index (χ3n) is 2.88. The standard InChI is InChI=1S/C12H21N3S2/c1-9(2)11-10(8-13-3)17-12(14-11)15-4-6-16-7-5-15/h9,13H,4-8H2,1-3H3. The fourth-order valence-corrected chi connectivity index (χ4v) is 4.16. The number of nitrogens with one attached hydrogen (secondary N) is 1. The molecule has 17 heavy (non-hydrogen) atoms. The first-order valence-corrected chi connectivity index (χ1v) is 8.16. The Hall–Kier alpha value is -0.260. The summed E-state index contributed by atoms with van der Waals surface area (Å²) < 4.78 is 0. The lowest BCUT2D eigenvalue weighted by molar-refractivity contribution is 0.766. The van der Waals surface area contributed by atoms with Gasteiger partial charge < -0.3 is 10.2 Å². The molecule has 3 nitrogen and oxygen atoms in total. The molecule has 0 radical (unpaired) electrons. The molecule has 5 heteroatoms. The summed E-state index contributed by atoms with van der Waals surface area (Å²) in [6.07, 6.45) is 0. The molecule has 1 saturated heterocycles. The number of thiazole rings is 1. The van der Waals surface area contributed by atoms with Gasteiger partial charge >= 0.3 is 0 Å². The lowest BCUT2D eigenvalue weighted by Gasteiger charge is -2.25. The number of nitrogens with zero attached hydrogens (tertiary/aromatic N) is 2. The predicted octanol–water partition coefficient (Wildman–Crippen LogP) is 2.54.